The van der Waals surface area contributed by atoms with Crippen molar-refractivity contribution in [3.63, 3.8) is 0 Å². The average molecular weight is 436 g/mol. The Hall–Kier alpha value is -2.52. The molecule has 0 saturated carbocycles. The maximum absolute atomic E-state index is 12.3. The Morgan fingerprint density at radius 2 is 1.97 bits per heavy atom. The van der Waals surface area contributed by atoms with Crippen molar-refractivity contribution in [3.05, 3.63) is 46.0 Å². The second-order valence-electron chi connectivity index (χ2n) is 9.60. The summed E-state index contributed by atoms with van der Waals surface area (Å²) in [6.07, 6.45) is -0.785. The zero-order valence-corrected chi connectivity index (χ0v) is 18.7. The SMILES string of the molecule is CC(C)[C@H](OCc1ccccc1)[C@@H]1[C@H]([N+](=O)[O-])[C@H](C(C)(C)C)N[C@@]1(CC(=O)O)NC=O. The molecule has 1 aromatic carbocycles. The first kappa shape index (κ1) is 24.7. The molecule has 1 heterocycles. The molecule has 9 heteroatoms. The van der Waals surface area contributed by atoms with Gasteiger partial charge in [-0.1, -0.05) is 65.0 Å². The molecule has 0 bridgehead atoms. The van der Waals surface area contributed by atoms with Gasteiger partial charge >= 0.3 is 5.97 Å². The topological polar surface area (TPSA) is 131 Å². The van der Waals surface area contributed by atoms with Gasteiger partial charge in [0.1, 0.15) is 5.66 Å². The summed E-state index contributed by atoms with van der Waals surface area (Å²) in [5.74, 6) is -2.25. The predicted molar refractivity (Wildman–Crippen MR) is 115 cm³/mol. The number of nitrogens with one attached hydrogen (secondary N) is 2. The van der Waals surface area contributed by atoms with Crippen LogP contribution in [0.15, 0.2) is 30.3 Å². The van der Waals surface area contributed by atoms with Crippen molar-refractivity contribution < 1.29 is 24.4 Å². The summed E-state index contributed by atoms with van der Waals surface area (Å²) < 4.78 is 6.20. The maximum Gasteiger partial charge on any atom is 0.307 e. The Bertz CT molecular complexity index is 779. The second kappa shape index (κ2) is 9.74. The molecular weight excluding hydrogens is 402 g/mol. The fourth-order valence-corrected chi connectivity index (χ4v) is 4.59. The highest BCUT2D eigenvalue weighted by molar-refractivity contribution is 5.69. The molecule has 0 spiro atoms. The number of hydrogen-bond donors (Lipinski definition) is 3. The van der Waals surface area contributed by atoms with Crippen LogP contribution in [-0.2, 0) is 20.9 Å². The standard InChI is InChI=1S/C22H33N3O6/c1-14(2)19(31-12-15-9-7-6-8-10-15)17-18(25(29)30)20(21(3,4)5)24-22(17,23-13-26)11-16(27)28/h6-10,13-14,17-20,24H,11-12H2,1-5H3,(H,23,26)(H,27,28)/t17-,18-,19-,20+,22+/m0/s1. The molecule has 1 amide bonds. The van der Waals surface area contributed by atoms with Crippen molar-refractivity contribution in [2.45, 2.75) is 71.5 Å². The van der Waals surface area contributed by atoms with Gasteiger partial charge in [-0.25, -0.2) is 0 Å². The summed E-state index contributed by atoms with van der Waals surface area (Å²) in [5.41, 5.74) is -1.19. The van der Waals surface area contributed by atoms with Crippen molar-refractivity contribution in [1.82, 2.24) is 10.6 Å². The third kappa shape index (κ3) is 5.59. The lowest BCUT2D eigenvalue weighted by Crippen LogP contribution is -2.63. The molecule has 0 aromatic heterocycles. The van der Waals surface area contributed by atoms with E-state index in [1.165, 1.54) is 0 Å². The number of benzene rings is 1. The number of aliphatic carboxylic acids is 1. The number of hydrogen-bond acceptors (Lipinski definition) is 6. The minimum Gasteiger partial charge on any atom is -0.481 e. The van der Waals surface area contributed by atoms with Crippen LogP contribution in [0.5, 0.6) is 0 Å². The minimum atomic E-state index is -1.52. The number of carboxylic acid groups (broad SMARTS) is 1. The number of carbonyl (C=O) groups is 2. The van der Waals surface area contributed by atoms with Gasteiger partial charge in [-0.2, -0.15) is 0 Å². The van der Waals surface area contributed by atoms with E-state index in [2.05, 4.69) is 10.6 Å². The Morgan fingerprint density at radius 1 is 1.35 bits per heavy atom. The molecule has 1 aliphatic rings. The quantitative estimate of drug-likeness (QED) is 0.292. The Morgan fingerprint density at radius 3 is 2.42 bits per heavy atom. The first-order valence-electron chi connectivity index (χ1n) is 10.4. The molecular formula is C22H33N3O6. The van der Waals surface area contributed by atoms with Crippen molar-refractivity contribution in [3.8, 4) is 0 Å². The van der Waals surface area contributed by atoms with Gasteiger partial charge < -0.3 is 15.2 Å². The van der Waals surface area contributed by atoms with E-state index < -0.39 is 47.6 Å². The summed E-state index contributed by atoms with van der Waals surface area (Å²) in [5, 5.41) is 27.7. The molecule has 1 fully saturated rings. The van der Waals surface area contributed by atoms with Crippen LogP contribution in [0.4, 0.5) is 0 Å². The van der Waals surface area contributed by atoms with E-state index >= 15 is 0 Å². The molecule has 9 nitrogen and oxygen atoms in total. The lowest BCUT2D eigenvalue weighted by Gasteiger charge is -2.39. The first-order valence-corrected chi connectivity index (χ1v) is 10.4. The number of amides is 1. The number of nitro groups is 1. The van der Waals surface area contributed by atoms with Crippen LogP contribution in [0.1, 0.15) is 46.6 Å². The van der Waals surface area contributed by atoms with Crippen LogP contribution in [0.3, 0.4) is 0 Å². The van der Waals surface area contributed by atoms with E-state index in [9.17, 15) is 24.8 Å². The van der Waals surface area contributed by atoms with Gasteiger partial charge in [-0.3, -0.25) is 25.0 Å². The lowest BCUT2D eigenvalue weighted by molar-refractivity contribution is -0.538. The third-order valence-electron chi connectivity index (χ3n) is 5.91. The van der Waals surface area contributed by atoms with Crippen molar-refractivity contribution in [2.75, 3.05) is 0 Å². The maximum atomic E-state index is 12.3. The van der Waals surface area contributed by atoms with E-state index in [-0.39, 0.29) is 17.4 Å². The van der Waals surface area contributed by atoms with Gasteiger partial charge in [0.2, 0.25) is 12.5 Å². The van der Waals surface area contributed by atoms with Gasteiger partial charge in [0.15, 0.2) is 0 Å². The van der Waals surface area contributed by atoms with E-state index in [0.717, 1.165) is 5.56 Å². The van der Waals surface area contributed by atoms with E-state index in [4.69, 9.17) is 4.74 Å². The molecule has 172 valence electrons. The third-order valence-corrected chi connectivity index (χ3v) is 5.91. The monoisotopic (exact) mass is 435 g/mol. The van der Waals surface area contributed by atoms with E-state index in [1.54, 1.807) is 0 Å². The summed E-state index contributed by atoms with van der Waals surface area (Å²) in [7, 11) is 0. The molecule has 1 aromatic rings. The van der Waals surface area contributed by atoms with E-state index in [1.807, 2.05) is 65.0 Å². The number of rotatable bonds is 10. The fourth-order valence-electron chi connectivity index (χ4n) is 4.59. The average Bonchev–Trinajstić information content (AvgIpc) is 2.97. The zero-order chi connectivity index (χ0) is 23.4. The highest BCUT2D eigenvalue weighted by Gasteiger charge is 2.65. The molecule has 0 aliphatic carbocycles. The van der Waals surface area contributed by atoms with Crippen LogP contribution in [-0.4, -0.2) is 46.3 Å². The lowest BCUT2D eigenvalue weighted by atomic mass is 9.75. The van der Waals surface area contributed by atoms with Gasteiger partial charge in [0.05, 0.1) is 31.1 Å². The van der Waals surface area contributed by atoms with Gasteiger partial charge in [0, 0.05) is 4.92 Å². The number of nitrogens with zero attached hydrogens (tertiary/aromatic N) is 1. The van der Waals surface area contributed by atoms with Crippen LogP contribution >= 0.6 is 0 Å². The molecule has 5 atom stereocenters. The van der Waals surface area contributed by atoms with E-state index in [0.29, 0.717) is 6.41 Å². The smallest absolute Gasteiger partial charge is 0.307 e. The molecule has 1 saturated heterocycles. The second-order valence-corrected chi connectivity index (χ2v) is 9.60. The number of carbonyl (C=O) groups excluding carboxylic acids is 1. The van der Waals surface area contributed by atoms with Crippen LogP contribution in [0.2, 0.25) is 0 Å². The van der Waals surface area contributed by atoms with Crippen molar-refractivity contribution in [1.29, 1.82) is 0 Å². The fraction of sp³-hybridized carbons (Fsp3) is 0.636. The molecule has 0 unspecified atom stereocenters. The highest BCUT2D eigenvalue weighted by atomic mass is 16.6. The molecule has 2 rings (SSSR count). The summed E-state index contributed by atoms with van der Waals surface area (Å²) in [4.78, 5) is 35.2. The van der Waals surface area contributed by atoms with Crippen molar-refractivity contribution in [2.24, 2.45) is 17.3 Å². The van der Waals surface area contributed by atoms with Gasteiger partial charge in [0.25, 0.3) is 0 Å². The zero-order valence-electron chi connectivity index (χ0n) is 18.7. The molecule has 0 radical (unpaired) electrons. The Kier molecular flexibility index (Phi) is 7.77. The predicted octanol–water partition coefficient (Wildman–Crippen LogP) is 2.42. The Labute approximate surface area is 182 Å². The van der Waals surface area contributed by atoms with Crippen molar-refractivity contribution >= 4 is 12.4 Å². The van der Waals surface area contributed by atoms with Gasteiger partial charge in [-0.05, 0) is 16.9 Å². The van der Waals surface area contributed by atoms with Gasteiger partial charge in [-0.15, -0.1) is 0 Å². The molecule has 1 aliphatic heterocycles. The molecule has 3 N–H and O–H groups in total. The van der Waals surface area contributed by atoms with Crippen LogP contribution in [0, 0.1) is 27.4 Å². The largest absolute Gasteiger partial charge is 0.481 e. The number of carboxylic acids is 1. The first-order chi connectivity index (χ1) is 14.4. The Balaban J connectivity index is 2.57. The summed E-state index contributed by atoms with van der Waals surface area (Å²) in [6, 6.07) is 7.57. The van der Waals surface area contributed by atoms with Crippen LogP contribution in [0.25, 0.3) is 0 Å². The minimum absolute atomic E-state index is 0.168. The highest BCUT2D eigenvalue weighted by Crippen LogP contribution is 2.44. The molecule has 31 heavy (non-hydrogen) atoms. The summed E-state index contributed by atoms with van der Waals surface area (Å²) in [6.45, 7) is 9.53. The summed E-state index contributed by atoms with van der Waals surface area (Å²) >= 11 is 0. The van der Waals surface area contributed by atoms with Crippen LogP contribution < -0.4 is 10.6 Å². The normalized spacial score (nSPS) is 27.1. The number of ether oxygens (including phenoxy) is 1.